The summed E-state index contributed by atoms with van der Waals surface area (Å²) in [5.74, 6) is 0.346. The number of fused-ring (bicyclic) bond motifs is 1. The number of hydrogen-bond donors (Lipinski definition) is 1. The highest BCUT2D eigenvalue weighted by Crippen LogP contribution is 2.23. The summed E-state index contributed by atoms with van der Waals surface area (Å²) in [6, 6.07) is 11.5. The molecule has 7 nitrogen and oxygen atoms in total. The number of carbonyl (C=O) groups is 1. The Morgan fingerprint density at radius 1 is 1.19 bits per heavy atom. The van der Waals surface area contributed by atoms with Gasteiger partial charge in [0.05, 0.1) is 17.6 Å². The van der Waals surface area contributed by atoms with Crippen molar-refractivity contribution in [2.75, 3.05) is 6.61 Å². The molecule has 1 heterocycles. The van der Waals surface area contributed by atoms with E-state index in [1.54, 1.807) is 56.3 Å². The topological polar surface area (TPSA) is 90.5 Å². The molecule has 0 spiro atoms. The molecule has 0 aliphatic rings. The molecule has 3 aromatic rings. The maximum absolute atomic E-state index is 12.1. The summed E-state index contributed by atoms with van der Waals surface area (Å²) in [5, 5.41) is 0.501. The van der Waals surface area contributed by atoms with Gasteiger partial charge in [-0.2, -0.15) is 0 Å². The Morgan fingerprint density at radius 3 is 2.59 bits per heavy atom. The molecule has 0 bridgehead atoms. The number of aromatic amines is 1. The maximum Gasteiger partial charge on any atom is 0.347 e. The van der Waals surface area contributed by atoms with Gasteiger partial charge in [-0.3, -0.25) is 4.79 Å². The number of H-pyrrole nitrogens is 1. The van der Waals surface area contributed by atoms with E-state index in [0.29, 0.717) is 34.2 Å². The molecule has 1 aromatic heterocycles. The van der Waals surface area contributed by atoms with Crippen LogP contribution in [0.3, 0.4) is 0 Å². The number of aromatic nitrogens is 2. The smallest absolute Gasteiger partial charge is 0.347 e. The largest absolute Gasteiger partial charge is 0.479 e. The summed E-state index contributed by atoms with van der Waals surface area (Å²) >= 11 is 5.91. The third kappa shape index (κ3) is 4.57. The fourth-order valence-electron chi connectivity index (χ4n) is 2.32. The summed E-state index contributed by atoms with van der Waals surface area (Å²) < 4.78 is 15.9. The average Bonchev–Trinajstić information content (AvgIpc) is 2.64. The number of carbonyl (C=O) groups excluding carboxylic acids is 1. The molecular formula is C19H17ClN2O5. The van der Waals surface area contributed by atoms with E-state index >= 15 is 0 Å². The summed E-state index contributed by atoms with van der Waals surface area (Å²) in [4.78, 5) is 30.6. The van der Waals surface area contributed by atoms with Gasteiger partial charge in [-0.15, -0.1) is 0 Å². The van der Waals surface area contributed by atoms with E-state index in [1.165, 1.54) is 0 Å². The minimum atomic E-state index is -0.728. The lowest BCUT2D eigenvalue weighted by Gasteiger charge is -2.13. The van der Waals surface area contributed by atoms with Crippen LogP contribution in [0.1, 0.15) is 13.8 Å². The van der Waals surface area contributed by atoms with Crippen LogP contribution in [0.25, 0.3) is 11.0 Å². The van der Waals surface area contributed by atoms with Crippen LogP contribution in [0.15, 0.2) is 47.3 Å². The Labute approximate surface area is 159 Å². The number of ether oxygens (including phenoxy) is 3. The second-order valence-electron chi connectivity index (χ2n) is 5.62. The SMILES string of the molecule is CCOC(=O)C(C)Oc1ccc(Oc2nc3ccc(Cl)cc3[nH]c2=O)cc1. The Hall–Kier alpha value is -3.06. The van der Waals surface area contributed by atoms with Crippen molar-refractivity contribution in [3.63, 3.8) is 0 Å². The monoisotopic (exact) mass is 388 g/mol. The lowest BCUT2D eigenvalue weighted by atomic mass is 10.3. The zero-order valence-electron chi connectivity index (χ0n) is 14.7. The van der Waals surface area contributed by atoms with E-state index in [0.717, 1.165) is 0 Å². The average molecular weight is 389 g/mol. The van der Waals surface area contributed by atoms with Crippen LogP contribution in [0.5, 0.6) is 17.4 Å². The molecule has 1 unspecified atom stereocenters. The Kier molecular flexibility index (Phi) is 5.61. The molecule has 0 saturated heterocycles. The van der Waals surface area contributed by atoms with Crippen molar-refractivity contribution in [1.29, 1.82) is 0 Å². The number of nitrogens with zero attached hydrogens (tertiary/aromatic N) is 1. The first-order valence-electron chi connectivity index (χ1n) is 8.27. The molecule has 0 fully saturated rings. The van der Waals surface area contributed by atoms with E-state index in [2.05, 4.69) is 9.97 Å². The van der Waals surface area contributed by atoms with E-state index in [9.17, 15) is 9.59 Å². The molecule has 140 valence electrons. The van der Waals surface area contributed by atoms with Crippen LogP contribution in [0.4, 0.5) is 0 Å². The highest BCUT2D eigenvalue weighted by atomic mass is 35.5. The molecule has 3 rings (SSSR count). The number of hydrogen-bond acceptors (Lipinski definition) is 6. The first-order chi connectivity index (χ1) is 13.0. The molecule has 2 aromatic carbocycles. The minimum Gasteiger partial charge on any atom is -0.479 e. The first kappa shape index (κ1) is 18.7. The van der Waals surface area contributed by atoms with Gasteiger partial charge in [-0.05, 0) is 56.3 Å². The predicted molar refractivity (Wildman–Crippen MR) is 101 cm³/mol. The molecule has 0 aliphatic carbocycles. The molecule has 8 heteroatoms. The van der Waals surface area contributed by atoms with E-state index in [1.807, 2.05) is 0 Å². The van der Waals surface area contributed by atoms with E-state index in [4.69, 9.17) is 25.8 Å². The zero-order chi connectivity index (χ0) is 19.4. The standard InChI is InChI=1S/C19H17ClN2O5/c1-3-25-19(24)11(2)26-13-5-7-14(8-6-13)27-18-17(23)21-16-10-12(20)4-9-15(16)22-18/h4-11H,3H2,1-2H3,(H,21,23). The van der Waals surface area contributed by atoms with Crippen LogP contribution in [-0.2, 0) is 9.53 Å². The van der Waals surface area contributed by atoms with Gasteiger partial charge >= 0.3 is 11.5 Å². The normalized spacial score (nSPS) is 11.8. The second-order valence-corrected chi connectivity index (χ2v) is 6.05. The number of halogens is 1. The van der Waals surface area contributed by atoms with Crippen LogP contribution < -0.4 is 15.0 Å². The lowest BCUT2D eigenvalue weighted by molar-refractivity contribution is -0.150. The van der Waals surface area contributed by atoms with Gasteiger partial charge < -0.3 is 19.2 Å². The van der Waals surface area contributed by atoms with Crippen LogP contribution >= 0.6 is 11.6 Å². The van der Waals surface area contributed by atoms with Gasteiger partial charge in [0, 0.05) is 5.02 Å². The van der Waals surface area contributed by atoms with Crippen LogP contribution in [0, 0.1) is 0 Å². The molecule has 0 saturated carbocycles. The first-order valence-corrected chi connectivity index (χ1v) is 8.65. The summed E-state index contributed by atoms with van der Waals surface area (Å²) in [5.41, 5.74) is 0.606. The number of nitrogens with one attached hydrogen (secondary N) is 1. The number of esters is 1. The van der Waals surface area contributed by atoms with Crippen molar-refractivity contribution in [3.05, 3.63) is 57.8 Å². The fourth-order valence-corrected chi connectivity index (χ4v) is 2.49. The van der Waals surface area contributed by atoms with Gasteiger partial charge in [0.1, 0.15) is 11.5 Å². The summed E-state index contributed by atoms with van der Waals surface area (Å²) in [7, 11) is 0. The lowest BCUT2D eigenvalue weighted by Crippen LogP contribution is -2.25. The van der Waals surface area contributed by atoms with E-state index < -0.39 is 17.6 Å². The third-order valence-electron chi connectivity index (χ3n) is 3.59. The van der Waals surface area contributed by atoms with E-state index in [-0.39, 0.29) is 5.88 Å². The number of benzene rings is 2. The quantitative estimate of drug-likeness (QED) is 0.647. The van der Waals surface area contributed by atoms with Crippen molar-refractivity contribution in [2.45, 2.75) is 20.0 Å². The van der Waals surface area contributed by atoms with Crippen molar-refractivity contribution in [1.82, 2.24) is 9.97 Å². The number of rotatable bonds is 6. The van der Waals surface area contributed by atoms with Crippen molar-refractivity contribution >= 4 is 28.6 Å². The molecule has 1 N–H and O–H groups in total. The maximum atomic E-state index is 12.1. The Balaban J connectivity index is 1.74. The molecule has 27 heavy (non-hydrogen) atoms. The molecule has 0 amide bonds. The molecule has 0 radical (unpaired) electrons. The van der Waals surface area contributed by atoms with Crippen molar-refractivity contribution in [2.24, 2.45) is 0 Å². The van der Waals surface area contributed by atoms with Crippen molar-refractivity contribution in [3.8, 4) is 17.4 Å². The Bertz CT molecular complexity index is 1020. The predicted octanol–water partition coefficient (Wildman–Crippen LogP) is 3.70. The van der Waals surface area contributed by atoms with Crippen LogP contribution in [0.2, 0.25) is 5.02 Å². The summed E-state index contributed by atoms with van der Waals surface area (Å²) in [6.07, 6.45) is -0.728. The summed E-state index contributed by atoms with van der Waals surface area (Å²) in [6.45, 7) is 3.62. The van der Waals surface area contributed by atoms with Gasteiger partial charge in [-0.25, -0.2) is 9.78 Å². The second kappa shape index (κ2) is 8.09. The zero-order valence-corrected chi connectivity index (χ0v) is 15.4. The Morgan fingerprint density at radius 2 is 1.89 bits per heavy atom. The van der Waals surface area contributed by atoms with Crippen LogP contribution in [-0.4, -0.2) is 28.6 Å². The van der Waals surface area contributed by atoms with Gasteiger partial charge in [-0.1, -0.05) is 11.6 Å². The van der Waals surface area contributed by atoms with Crippen molar-refractivity contribution < 1.29 is 19.0 Å². The highest BCUT2D eigenvalue weighted by molar-refractivity contribution is 6.31. The molecular weight excluding hydrogens is 372 g/mol. The minimum absolute atomic E-state index is 0.0848. The third-order valence-corrected chi connectivity index (χ3v) is 3.83. The molecule has 1 atom stereocenters. The molecule has 0 aliphatic heterocycles. The fraction of sp³-hybridized carbons (Fsp3) is 0.211. The highest BCUT2D eigenvalue weighted by Gasteiger charge is 2.15. The van der Waals surface area contributed by atoms with Gasteiger partial charge in [0.25, 0.3) is 5.88 Å². The van der Waals surface area contributed by atoms with Gasteiger partial charge in [0.15, 0.2) is 6.10 Å². The van der Waals surface area contributed by atoms with Gasteiger partial charge in [0.2, 0.25) is 0 Å².